The van der Waals surface area contributed by atoms with Crippen molar-refractivity contribution in [1.82, 2.24) is 4.98 Å². The smallest absolute Gasteiger partial charge is 0.119 e. The van der Waals surface area contributed by atoms with Crippen LogP contribution in [-0.2, 0) is 6.42 Å². The first-order valence-electron chi connectivity index (χ1n) is 7.22. The molecular formula is C17H20N2O. The van der Waals surface area contributed by atoms with Gasteiger partial charge in [-0.05, 0) is 55.0 Å². The van der Waals surface area contributed by atoms with Crippen LogP contribution in [-0.4, -0.2) is 11.1 Å². The van der Waals surface area contributed by atoms with Gasteiger partial charge in [-0.2, -0.15) is 0 Å². The topological polar surface area (TPSA) is 48.1 Å². The zero-order chi connectivity index (χ0) is 13.8. The van der Waals surface area contributed by atoms with E-state index in [1.54, 1.807) is 6.20 Å². The number of aromatic nitrogens is 1. The van der Waals surface area contributed by atoms with E-state index in [1.165, 1.54) is 18.4 Å². The highest BCUT2D eigenvalue weighted by atomic mass is 16.5. The summed E-state index contributed by atoms with van der Waals surface area (Å²) in [7, 11) is 0. The molecule has 1 aromatic carbocycles. The Morgan fingerprint density at radius 2 is 2.00 bits per heavy atom. The van der Waals surface area contributed by atoms with Crippen LogP contribution in [0.5, 0.6) is 5.75 Å². The lowest BCUT2D eigenvalue weighted by Crippen LogP contribution is -2.11. The van der Waals surface area contributed by atoms with Crippen LogP contribution in [0.25, 0.3) is 0 Å². The largest absolute Gasteiger partial charge is 0.490 e. The molecule has 0 saturated heterocycles. The van der Waals surface area contributed by atoms with E-state index in [0.717, 1.165) is 24.2 Å². The first-order chi connectivity index (χ1) is 9.81. The summed E-state index contributed by atoms with van der Waals surface area (Å²) in [5.74, 6) is 0.954. The molecule has 1 fully saturated rings. The number of pyridine rings is 1. The highest BCUT2D eigenvalue weighted by Crippen LogP contribution is 2.27. The normalized spacial score (nSPS) is 15.8. The first-order valence-corrected chi connectivity index (χ1v) is 7.22. The molecule has 104 valence electrons. The number of nitrogens with zero attached hydrogens (tertiary/aromatic N) is 1. The number of nitrogens with two attached hydrogens (primary N) is 1. The van der Waals surface area contributed by atoms with Gasteiger partial charge >= 0.3 is 0 Å². The lowest BCUT2D eigenvalue weighted by atomic mass is 10.0. The van der Waals surface area contributed by atoms with Crippen molar-refractivity contribution in [3.63, 3.8) is 0 Å². The van der Waals surface area contributed by atoms with Crippen molar-refractivity contribution in [2.24, 2.45) is 5.73 Å². The maximum Gasteiger partial charge on any atom is 0.119 e. The quantitative estimate of drug-likeness (QED) is 0.874. The second-order valence-corrected chi connectivity index (χ2v) is 5.39. The Kier molecular flexibility index (Phi) is 3.97. The van der Waals surface area contributed by atoms with Crippen molar-refractivity contribution >= 4 is 0 Å². The van der Waals surface area contributed by atoms with Gasteiger partial charge in [0, 0.05) is 18.4 Å². The van der Waals surface area contributed by atoms with Gasteiger partial charge in [-0.25, -0.2) is 0 Å². The Balaban J connectivity index is 1.54. The number of hydrogen-bond donors (Lipinski definition) is 1. The monoisotopic (exact) mass is 268 g/mol. The Morgan fingerprint density at radius 1 is 1.20 bits per heavy atom. The van der Waals surface area contributed by atoms with Gasteiger partial charge in [0.25, 0.3) is 0 Å². The lowest BCUT2D eigenvalue weighted by molar-refractivity contribution is 0.303. The molecule has 1 atom stereocenters. The van der Waals surface area contributed by atoms with Crippen LogP contribution in [0.1, 0.15) is 36.4 Å². The fraction of sp³-hybridized carbons (Fsp3) is 0.353. The van der Waals surface area contributed by atoms with E-state index in [-0.39, 0.29) is 6.04 Å². The molecule has 0 bridgehead atoms. The van der Waals surface area contributed by atoms with Crippen LogP contribution < -0.4 is 10.5 Å². The predicted molar refractivity (Wildman–Crippen MR) is 79.6 cm³/mol. The molecule has 3 heteroatoms. The summed E-state index contributed by atoms with van der Waals surface area (Å²) in [5, 5.41) is 0. The summed E-state index contributed by atoms with van der Waals surface area (Å²) in [5.41, 5.74) is 8.64. The van der Waals surface area contributed by atoms with Crippen LogP contribution >= 0.6 is 0 Å². The molecule has 2 aromatic rings. The third kappa shape index (κ3) is 3.58. The third-order valence-corrected chi connectivity index (χ3v) is 3.60. The molecular weight excluding hydrogens is 248 g/mol. The van der Waals surface area contributed by atoms with Gasteiger partial charge in [0.2, 0.25) is 0 Å². The Bertz CT molecular complexity index is 535. The number of rotatable bonds is 6. The maximum atomic E-state index is 6.25. The summed E-state index contributed by atoms with van der Waals surface area (Å²) in [6.07, 6.45) is 8.39. The SMILES string of the molecule is NC(CCc1cccnc1)c1ccc(OC2CC2)cc1. The molecule has 1 aliphatic rings. The molecule has 0 radical (unpaired) electrons. The summed E-state index contributed by atoms with van der Waals surface area (Å²) >= 11 is 0. The maximum absolute atomic E-state index is 6.25. The Labute approximate surface area is 119 Å². The van der Waals surface area contributed by atoms with Crippen molar-refractivity contribution in [3.8, 4) is 5.75 Å². The van der Waals surface area contributed by atoms with E-state index in [4.69, 9.17) is 10.5 Å². The van der Waals surface area contributed by atoms with Crippen LogP contribution in [0.2, 0.25) is 0 Å². The molecule has 2 N–H and O–H groups in total. The van der Waals surface area contributed by atoms with E-state index in [0.29, 0.717) is 6.10 Å². The molecule has 0 spiro atoms. The highest BCUT2D eigenvalue weighted by molar-refractivity contribution is 5.29. The van der Waals surface area contributed by atoms with Crippen molar-refractivity contribution < 1.29 is 4.74 Å². The molecule has 1 saturated carbocycles. The van der Waals surface area contributed by atoms with Crippen LogP contribution in [0.4, 0.5) is 0 Å². The van der Waals surface area contributed by atoms with E-state index in [1.807, 2.05) is 24.4 Å². The van der Waals surface area contributed by atoms with E-state index in [9.17, 15) is 0 Å². The average Bonchev–Trinajstić information content (AvgIpc) is 3.31. The second-order valence-electron chi connectivity index (χ2n) is 5.39. The van der Waals surface area contributed by atoms with E-state index >= 15 is 0 Å². The Hall–Kier alpha value is -1.87. The zero-order valence-corrected chi connectivity index (χ0v) is 11.5. The van der Waals surface area contributed by atoms with Crippen LogP contribution in [0.15, 0.2) is 48.8 Å². The summed E-state index contributed by atoms with van der Waals surface area (Å²) in [4.78, 5) is 4.12. The van der Waals surface area contributed by atoms with E-state index < -0.39 is 0 Å². The van der Waals surface area contributed by atoms with Gasteiger partial charge in [-0.15, -0.1) is 0 Å². The van der Waals surface area contributed by atoms with Crippen molar-refractivity contribution in [2.75, 3.05) is 0 Å². The van der Waals surface area contributed by atoms with Crippen molar-refractivity contribution in [2.45, 2.75) is 37.8 Å². The minimum absolute atomic E-state index is 0.0604. The molecule has 3 rings (SSSR count). The minimum Gasteiger partial charge on any atom is -0.490 e. The number of hydrogen-bond acceptors (Lipinski definition) is 3. The molecule has 0 aliphatic heterocycles. The molecule has 1 unspecified atom stereocenters. The predicted octanol–water partition coefficient (Wildman–Crippen LogP) is 3.26. The molecule has 3 nitrogen and oxygen atoms in total. The Morgan fingerprint density at radius 3 is 2.65 bits per heavy atom. The number of aryl methyl sites for hydroxylation is 1. The van der Waals surface area contributed by atoms with Crippen molar-refractivity contribution in [3.05, 3.63) is 59.9 Å². The second kappa shape index (κ2) is 6.06. The standard InChI is InChI=1S/C17H20N2O/c18-17(10-3-13-2-1-11-19-12-13)14-4-6-15(7-5-14)20-16-8-9-16/h1-2,4-7,11-12,16-17H,3,8-10,18H2. The average molecular weight is 268 g/mol. The number of ether oxygens (including phenoxy) is 1. The lowest BCUT2D eigenvalue weighted by Gasteiger charge is -2.13. The fourth-order valence-corrected chi connectivity index (χ4v) is 2.21. The zero-order valence-electron chi connectivity index (χ0n) is 11.5. The van der Waals surface area contributed by atoms with E-state index in [2.05, 4.69) is 23.2 Å². The molecule has 0 amide bonds. The van der Waals surface area contributed by atoms with Crippen LogP contribution in [0.3, 0.4) is 0 Å². The van der Waals surface area contributed by atoms with Gasteiger partial charge in [0.1, 0.15) is 5.75 Å². The number of benzene rings is 1. The van der Waals surface area contributed by atoms with Gasteiger partial charge in [-0.1, -0.05) is 18.2 Å². The molecule has 1 aliphatic carbocycles. The van der Waals surface area contributed by atoms with Crippen molar-refractivity contribution in [1.29, 1.82) is 0 Å². The first kappa shape index (κ1) is 13.1. The van der Waals surface area contributed by atoms with Crippen LogP contribution in [0, 0.1) is 0 Å². The summed E-state index contributed by atoms with van der Waals surface area (Å²) in [6, 6.07) is 12.3. The summed E-state index contributed by atoms with van der Waals surface area (Å²) < 4.78 is 5.74. The van der Waals surface area contributed by atoms with Gasteiger partial charge in [0.15, 0.2) is 0 Å². The third-order valence-electron chi connectivity index (χ3n) is 3.60. The summed E-state index contributed by atoms with van der Waals surface area (Å²) in [6.45, 7) is 0. The minimum atomic E-state index is 0.0604. The fourth-order valence-electron chi connectivity index (χ4n) is 2.21. The van der Waals surface area contributed by atoms with Gasteiger partial charge in [-0.3, -0.25) is 4.98 Å². The molecule has 20 heavy (non-hydrogen) atoms. The van der Waals surface area contributed by atoms with Gasteiger partial charge in [0.05, 0.1) is 6.10 Å². The molecule has 1 heterocycles. The highest BCUT2D eigenvalue weighted by Gasteiger charge is 2.23. The van der Waals surface area contributed by atoms with Gasteiger partial charge < -0.3 is 10.5 Å². The molecule has 1 aromatic heterocycles.